The largest absolute Gasteiger partial charge is 0.337 e. The second-order valence-corrected chi connectivity index (χ2v) is 8.07. The lowest BCUT2D eigenvalue weighted by atomic mass is 10.0. The maximum absolute atomic E-state index is 13.2. The quantitative estimate of drug-likeness (QED) is 0.787. The van der Waals surface area contributed by atoms with E-state index in [9.17, 15) is 9.59 Å². The molecule has 8 nitrogen and oxygen atoms in total. The molecule has 2 aromatic heterocycles. The zero-order valence-electron chi connectivity index (χ0n) is 16.4. The average molecular weight is 382 g/mol. The third-order valence-corrected chi connectivity index (χ3v) is 5.61. The topological polar surface area (TPSA) is 84.2 Å². The molecule has 0 bridgehead atoms. The fourth-order valence-corrected chi connectivity index (χ4v) is 3.74. The third-order valence-electron chi connectivity index (χ3n) is 5.61. The zero-order chi connectivity index (χ0) is 19.7. The number of hydrogen-bond donors (Lipinski definition) is 0. The molecule has 0 radical (unpaired) electrons. The minimum atomic E-state index is -0.0663. The predicted octanol–water partition coefficient (Wildman–Crippen LogP) is 1.77. The van der Waals surface area contributed by atoms with Crippen LogP contribution in [0, 0.1) is 11.8 Å². The van der Waals surface area contributed by atoms with Gasteiger partial charge in [0.1, 0.15) is 18.5 Å². The van der Waals surface area contributed by atoms with E-state index in [0.717, 1.165) is 6.54 Å². The fourth-order valence-electron chi connectivity index (χ4n) is 3.74. The lowest BCUT2D eigenvalue weighted by Crippen LogP contribution is -2.48. The smallest absolute Gasteiger partial charge is 0.254 e. The van der Waals surface area contributed by atoms with Crippen molar-refractivity contribution in [2.75, 3.05) is 19.6 Å². The summed E-state index contributed by atoms with van der Waals surface area (Å²) in [5.41, 5.74) is 0.560. The van der Waals surface area contributed by atoms with Crippen molar-refractivity contribution in [3.63, 3.8) is 0 Å². The molecule has 28 heavy (non-hydrogen) atoms. The van der Waals surface area contributed by atoms with Crippen LogP contribution >= 0.6 is 0 Å². The Morgan fingerprint density at radius 3 is 2.68 bits per heavy atom. The predicted molar refractivity (Wildman–Crippen MR) is 103 cm³/mol. The molecule has 0 spiro atoms. The van der Waals surface area contributed by atoms with Gasteiger partial charge in [0.15, 0.2) is 0 Å². The molecule has 1 aliphatic carbocycles. The number of pyridine rings is 1. The SMILES string of the molecule is CC(C)[C@@H]1CN(C(=O)c2ccnc(-n3cnnc3)c2)CCC(=O)N1CC1CC1. The summed E-state index contributed by atoms with van der Waals surface area (Å²) in [7, 11) is 0. The van der Waals surface area contributed by atoms with E-state index < -0.39 is 0 Å². The first kappa shape index (κ1) is 18.6. The van der Waals surface area contributed by atoms with Crippen molar-refractivity contribution < 1.29 is 9.59 Å². The van der Waals surface area contributed by atoms with Crippen LogP contribution in [-0.4, -0.2) is 67.0 Å². The zero-order valence-corrected chi connectivity index (χ0v) is 16.4. The molecule has 2 aliphatic rings. The van der Waals surface area contributed by atoms with E-state index in [2.05, 4.69) is 29.0 Å². The van der Waals surface area contributed by atoms with Crippen molar-refractivity contribution in [3.05, 3.63) is 36.5 Å². The fraction of sp³-hybridized carbons (Fsp3) is 0.550. The molecule has 1 saturated carbocycles. The summed E-state index contributed by atoms with van der Waals surface area (Å²) >= 11 is 0. The van der Waals surface area contributed by atoms with Gasteiger partial charge in [-0.25, -0.2) is 4.98 Å². The highest BCUT2D eigenvalue weighted by molar-refractivity contribution is 5.95. The molecule has 0 aromatic carbocycles. The van der Waals surface area contributed by atoms with Crippen LogP contribution in [0.5, 0.6) is 0 Å². The average Bonchev–Trinajstić information content (AvgIpc) is 3.38. The number of carbonyl (C=O) groups excluding carboxylic acids is 2. The lowest BCUT2D eigenvalue weighted by Gasteiger charge is -2.34. The molecule has 0 unspecified atom stereocenters. The Balaban J connectivity index is 1.55. The molecule has 148 valence electrons. The Morgan fingerprint density at radius 2 is 2.00 bits per heavy atom. The van der Waals surface area contributed by atoms with Crippen LogP contribution < -0.4 is 0 Å². The molecule has 8 heteroatoms. The van der Waals surface area contributed by atoms with Gasteiger partial charge in [-0.05, 0) is 36.8 Å². The monoisotopic (exact) mass is 382 g/mol. The molecule has 3 heterocycles. The van der Waals surface area contributed by atoms with Crippen molar-refractivity contribution >= 4 is 11.8 Å². The number of nitrogens with zero attached hydrogens (tertiary/aromatic N) is 6. The summed E-state index contributed by atoms with van der Waals surface area (Å²) in [5, 5.41) is 7.57. The molecule has 0 N–H and O–H groups in total. The van der Waals surface area contributed by atoms with Gasteiger partial charge >= 0.3 is 0 Å². The molecule has 2 aromatic rings. The molecule has 1 atom stereocenters. The van der Waals surface area contributed by atoms with E-state index in [4.69, 9.17) is 0 Å². The lowest BCUT2D eigenvalue weighted by molar-refractivity contribution is -0.133. The van der Waals surface area contributed by atoms with Gasteiger partial charge in [-0.3, -0.25) is 14.2 Å². The van der Waals surface area contributed by atoms with Gasteiger partial charge < -0.3 is 9.80 Å². The second-order valence-electron chi connectivity index (χ2n) is 8.07. The molecule has 2 fully saturated rings. The van der Waals surface area contributed by atoms with Gasteiger partial charge in [-0.15, -0.1) is 10.2 Å². The van der Waals surface area contributed by atoms with E-state index >= 15 is 0 Å². The summed E-state index contributed by atoms with van der Waals surface area (Å²) in [6.07, 6.45) is 7.51. The third kappa shape index (κ3) is 3.90. The molecular weight excluding hydrogens is 356 g/mol. The first-order valence-electron chi connectivity index (χ1n) is 9.92. The van der Waals surface area contributed by atoms with Crippen LogP contribution in [-0.2, 0) is 4.79 Å². The normalized spacial score (nSPS) is 20.5. The number of aromatic nitrogens is 4. The van der Waals surface area contributed by atoms with Crippen LogP contribution in [0.1, 0.15) is 43.5 Å². The Labute approximate surface area is 164 Å². The Kier molecular flexibility index (Phi) is 5.11. The maximum atomic E-state index is 13.2. The number of rotatable bonds is 5. The van der Waals surface area contributed by atoms with Gasteiger partial charge in [-0.2, -0.15) is 0 Å². The van der Waals surface area contributed by atoms with Crippen LogP contribution in [0.25, 0.3) is 5.82 Å². The number of amides is 2. The minimum absolute atomic E-state index is 0.0544. The highest BCUT2D eigenvalue weighted by Crippen LogP contribution is 2.32. The minimum Gasteiger partial charge on any atom is -0.337 e. The Morgan fingerprint density at radius 1 is 1.25 bits per heavy atom. The molecule has 2 amide bonds. The van der Waals surface area contributed by atoms with Gasteiger partial charge in [0.25, 0.3) is 5.91 Å². The first-order valence-corrected chi connectivity index (χ1v) is 9.92. The van der Waals surface area contributed by atoms with Crippen molar-refractivity contribution in [1.82, 2.24) is 29.5 Å². The summed E-state index contributed by atoms with van der Waals surface area (Å²) in [6.45, 7) is 6.10. The van der Waals surface area contributed by atoms with Crippen molar-refractivity contribution in [2.45, 2.75) is 39.2 Å². The molecule has 4 rings (SSSR count). The van der Waals surface area contributed by atoms with Crippen molar-refractivity contribution in [2.24, 2.45) is 11.8 Å². The summed E-state index contributed by atoms with van der Waals surface area (Å²) in [4.78, 5) is 34.1. The van der Waals surface area contributed by atoms with Gasteiger partial charge in [-0.1, -0.05) is 13.8 Å². The summed E-state index contributed by atoms with van der Waals surface area (Å²) in [5.74, 6) is 1.63. The van der Waals surface area contributed by atoms with Crippen LogP contribution in [0.3, 0.4) is 0 Å². The number of carbonyl (C=O) groups is 2. The second kappa shape index (κ2) is 7.69. The van der Waals surface area contributed by atoms with Crippen molar-refractivity contribution in [3.8, 4) is 5.82 Å². The number of hydrogen-bond acceptors (Lipinski definition) is 5. The molecule has 1 saturated heterocycles. The summed E-state index contributed by atoms with van der Waals surface area (Å²) in [6, 6.07) is 3.51. The van der Waals surface area contributed by atoms with Crippen LogP contribution in [0.15, 0.2) is 31.0 Å². The van der Waals surface area contributed by atoms with Gasteiger partial charge in [0.05, 0.1) is 6.04 Å². The van der Waals surface area contributed by atoms with E-state index in [1.165, 1.54) is 12.8 Å². The van der Waals surface area contributed by atoms with Crippen LogP contribution in [0.4, 0.5) is 0 Å². The van der Waals surface area contributed by atoms with E-state index in [1.807, 2.05) is 9.80 Å². The van der Waals surface area contributed by atoms with Gasteiger partial charge in [0, 0.05) is 37.8 Å². The highest BCUT2D eigenvalue weighted by atomic mass is 16.2. The maximum Gasteiger partial charge on any atom is 0.254 e. The van der Waals surface area contributed by atoms with Crippen LogP contribution in [0.2, 0.25) is 0 Å². The summed E-state index contributed by atoms with van der Waals surface area (Å²) < 4.78 is 1.66. The van der Waals surface area contributed by atoms with E-state index in [0.29, 0.717) is 42.7 Å². The Hall–Kier alpha value is -2.77. The first-order chi connectivity index (χ1) is 13.5. The van der Waals surface area contributed by atoms with E-state index in [-0.39, 0.29) is 17.9 Å². The van der Waals surface area contributed by atoms with E-state index in [1.54, 1.807) is 35.6 Å². The Bertz CT molecular complexity index is 846. The molecule has 1 aliphatic heterocycles. The highest BCUT2D eigenvalue weighted by Gasteiger charge is 2.36. The molecular formula is C20H26N6O2. The van der Waals surface area contributed by atoms with Crippen molar-refractivity contribution in [1.29, 1.82) is 0 Å². The standard InChI is InChI=1S/C20H26N6O2/c1-14(2)17-11-24(8-6-19(27)26(17)10-15-3-4-15)20(28)16-5-7-21-18(9-16)25-12-22-23-13-25/h5,7,9,12-15,17H,3-4,6,8,10-11H2,1-2H3/t17-/m0/s1. The van der Waals surface area contributed by atoms with Gasteiger partial charge in [0.2, 0.25) is 5.91 Å².